The molecule has 1 aliphatic heterocycles. The second-order valence-electron chi connectivity index (χ2n) is 5.39. The summed E-state index contributed by atoms with van der Waals surface area (Å²) in [5.41, 5.74) is 1.99. The van der Waals surface area contributed by atoms with Crippen LogP contribution in [0.2, 0.25) is 0 Å². The molecule has 1 saturated heterocycles. The fourth-order valence-electron chi connectivity index (χ4n) is 2.49. The maximum Gasteiger partial charge on any atom is 0.253 e. The first kappa shape index (κ1) is 14.7. The van der Waals surface area contributed by atoms with Crippen LogP contribution in [0.1, 0.15) is 5.56 Å². The number of nitrogens with one attached hydrogen (secondary N) is 1. The average Bonchev–Trinajstić information content (AvgIpc) is 3.04. The second-order valence-corrected chi connectivity index (χ2v) is 5.39. The largest absolute Gasteiger partial charge is 0.366 e. The van der Waals surface area contributed by atoms with Gasteiger partial charge in [-0.2, -0.15) is 5.10 Å². The van der Waals surface area contributed by atoms with Crippen molar-refractivity contribution in [1.29, 1.82) is 0 Å². The number of nitrogens with zero attached hydrogens (tertiary/aromatic N) is 3. The fraction of sp³-hybridized carbons (Fsp3) is 0.375. The number of benzene rings is 1. The van der Waals surface area contributed by atoms with E-state index in [1.165, 1.54) is 0 Å². The van der Waals surface area contributed by atoms with Crippen molar-refractivity contribution in [1.82, 2.24) is 20.0 Å². The van der Waals surface area contributed by atoms with Crippen LogP contribution in [0, 0.1) is 0 Å². The molecule has 1 fully saturated rings. The van der Waals surface area contributed by atoms with Crippen molar-refractivity contribution in [3.05, 3.63) is 48.3 Å². The zero-order valence-corrected chi connectivity index (χ0v) is 12.6. The summed E-state index contributed by atoms with van der Waals surface area (Å²) in [6.45, 7) is 2.48. The van der Waals surface area contributed by atoms with Gasteiger partial charge in [-0.05, 0) is 12.1 Å². The molecule has 0 aliphatic carbocycles. The third-order valence-corrected chi connectivity index (χ3v) is 3.66. The lowest BCUT2D eigenvalue weighted by molar-refractivity contribution is -0.144. The molecular formula is C16H20N4O2. The fourth-order valence-corrected chi connectivity index (χ4v) is 2.49. The van der Waals surface area contributed by atoms with E-state index in [4.69, 9.17) is 4.74 Å². The lowest BCUT2D eigenvalue weighted by Crippen LogP contribution is -2.48. The van der Waals surface area contributed by atoms with Crippen molar-refractivity contribution >= 4 is 5.91 Å². The monoisotopic (exact) mass is 300 g/mol. The van der Waals surface area contributed by atoms with Gasteiger partial charge in [0.25, 0.3) is 5.91 Å². The summed E-state index contributed by atoms with van der Waals surface area (Å²) >= 11 is 0. The van der Waals surface area contributed by atoms with Crippen LogP contribution >= 0.6 is 0 Å². The molecule has 1 amide bonds. The number of morpholine rings is 1. The number of rotatable bonds is 4. The summed E-state index contributed by atoms with van der Waals surface area (Å²) in [6.07, 6.45) is 3.35. The van der Waals surface area contributed by atoms with Gasteiger partial charge in [-0.3, -0.25) is 4.79 Å². The van der Waals surface area contributed by atoms with Crippen molar-refractivity contribution in [3.8, 4) is 5.69 Å². The van der Waals surface area contributed by atoms with Gasteiger partial charge in [0, 0.05) is 38.4 Å². The second kappa shape index (κ2) is 6.72. The summed E-state index contributed by atoms with van der Waals surface area (Å²) in [6, 6.07) is 9.90. The third-order valence-electron chi connectivity index (χ3n) is 3.66. The molecular weight excluding hydrogens is 280 g/mol. The highest BCUT2D eigenvalue weighted by Crippen LogP contribution is 2.10. The zero-order valence-electron chi connectivity index (χ0n) is 12.6. The molecule has 1 N–H and O–H groups in total. The van der Waals surface area contributed by atoms with Gasteiger partial charge in [0.1, 0.15) is 6.10 Å². The maximum absolute atomic E-state index is 12.3. The highest BCUT2D eigenvalue weighted by Gasteiger charge is 2.25. The minimum Gasteiger partial charge on any atom is -0.366 e. The molecule has 0 saturated carbocycles. The van der Waals surface area contributed by atoms with Gasteiger partial charge in [0.2, 0.25) is 0 Å². The first-order valence-corrected chi connectivity index (χ1v) is 7.40. The van der Waals surface area contributed by atoms with Gasteiger partial charge in [-0.1, -0.05) is 18.2 Å². The van der Waals surface area contributed by atoms with Gasteiger partial charge >= 0.3 is 0 Å². The number of likely N-dealkylation sites (N-methyl/N-ethyl adjacent to an activating group) is 1. The molecule has 22 heavy (non-hydrogen) atoms. The topological polar surface area (TPSA) is 59.4 Å². The summed E-state index contributed by atoms with van der Waals surface area (Å²) in [5.74, 6) is -0.000314. The van der Waals surface area contributed by atoms with E-state index in [-0.39, 0.29) is 12.0 Å². The smallest absolute Gasteiger partial charge is 0.253 e. The third kappa shape index (κ3) is 3.35. The first-order valence-electron chi connectivity index (χ1n) is 7.40. The van der Waals surface area contributed by atoms with E-state index in [0.29, 0.717) is 19.7 Å². The van der Waals surface area contributed by atoms with Crippen molar-refractivity contribution in [3.63, 3.8) is 0 Å². The van der Waals surface area contributed by atoms with Gasteiger partial charge in [0.05, 0.1) is 18.5 Å². The summed E-state index contributed by atoms with van der Waals surface area (Å²) in [4.78, 5) is 14.0. The molecule has 1 aromatic heterocycles. The Labute approximate surface area is 129 Å². The van der Waals surface area contributed by atoms with E-state index in [1.54, 1.807) is 18.1 Å². The Hall–Kier alpha value is -2.18. The van der Waals surface area contributed by atoms with Crippen LogP contribution in [0.15, 0.2) is 42.7 Å². The predicted octanol–water partition coefficient (Wildman–Crippen LogP) is 0.819. The Morgan fingerprint density at radius 3 is 3.00 bits per heavy atom. The zero-order chi connectivity index (χ0) is 15.4. The molecule has 6 nitrogen and oxygen atoms in total. The Bertz CT molecular complexity index is 620. The molecule has 1 aliphatic rings. The molecule has 2 heterocycles. The molecule has 116 valence electrons. The van der Waals surface area contributed by atoms with Crippen LogP contribution in [-0.2, 0) is 16.1 Å². The number of carbonyl (C=O) groups is 1. The van der Waals surface area contributed by atoms with E-state index >= 15 is 0 Å². The molecule has 3 rings (SSSR count). The minimum atomic E-state index is -0.386. The lowest BCUT2D eigenvalue weighted by atomic mass is 10.2. The van der Waals surface area contributed by atoms with E-state index < -0.39 is 0 Å². The number of carbonyl (C=O) groups excluding carboxylic acids is 1. The van der Waals surface area contributed by atoms with E-state index in [9.17, 15) is 4.79 Å². The molecule has 1 aromatic carbocycles. The minimum absolute atomic E-state index is 0.000314. The molecule has 0 radical (unpaired) electrons. The number of hydrogen-bond acceptors (Lipinski definition) is 4. The highest BCUT2D eigenvalue weighted by atomic mass is 16.5. The molecule has 0 spiro atoms. The molecule has 6 heteroatoms. The van der Waals surface area contributed by atoms with E-state index in [2.05, 4.69) is 10.4 Å². The van der Waals surface area contributed by atoms with Crippen LogP contribution in [0.4, 0.5) is 0 Å². The van der Waals surface area contributed by atoms with Crippen molar-refractivity contribution in [2.45, 2.75) is 12.6 Å². The normalized spacial score (nSPS) is 18.1. The van der Waals surface area contributed by atoms with Gasteiger partial charge in [0.15, 0.2) is 0 Å². The summed E-state index contributed by atoms with van der Waals surface area (Å²) in [7, 11) is 1.79. The molecule has 0 unspecified atom stereocenters. The SMILES string of the molecule is CN(Cc1cnn(-c2ccccc2)c1)C(=O)[C@H]1CNCCO1. The Morgan fingerprint density at radius 2 is 2.27 bits per heavy atom. The van der Waals surface area contributed by atoms with Crippen LogP contribution in [0.3, 0.4) is 0 Å². The van der Waals surface area contributed by atoms with Crippen LogP contribution in [-0.4, -0.2) is 53.4 Å². The Morgan fingerprint density at radius 1 is 1.45 bits per heavy atom. The van der Waals surface area contributed by atoms with Crippen molar-refractivity contribution in [2.24, 2.45) is 0 Å². The van der Waals surface area contributed by atoms with Crippen molar-refractivity contribution < 1.29 is 9.53 Å². The average molecular weight is 300 g/mol. The molecule has 0 bridgehead atoms. The number of ether oxygens (including phenoxy) is 1. The molecule has 1 atom stereocenters. The number of amides is 1. The van der Waals surface area contributed by atoms with Crippen LogP contribution in [0.25, 0.3) is 5.69 Å². The molecule has 2 aromatic rings. The van der Waals surface area contributed by atoms with Gasteiger partial charge in [-0.25, -0.2) is 4.68 Å². The maximum atomic E-state index is 12.3. The Balaban J connectivity index is 1.63. The lowest BCUT2D eigenvalue weighted by Gasteiger charge is -2.27. The standard InChI is InChI=1S/C16H20N4O2/c1-19(16(21)15-10-17-7-8-22-15)11-13-9-18-20(12-13)14-5-3-2-4-6-14/h2-6,9,12,15,17H,7-8,10-11H2,1H3/t15-/m1/s1. The van der Waals surface area contributed by atoms with Gasteiger partial charge in [-0.15, -0.1) is 0 Å². The van der Waals surface area contributed by atoms with Crippen LogP contribution < -0.4 is 5.32 Å². The quantitative estimate of drug-likeness (QED) is 0.908. The van der Waals surface area contributed by atoms with Gasteiger partial charge < -0.3 is 15.0 Å². The van der Waals surface area contributed by atoms with E-state index in [0.717, 1.165) is 17.8 Å². The predicted molar refractivity (Wildman–Crippen MR) is 82.6 cm³/mol. The number of para-hydroxylation sites is 1. The first-order chi connectivity index (χ1) is 10.7. The number of aromatic nitrogens is 2. The van der Waals surface area contributed by atoms with E-state index in [1.807, 2.05) is 41.2 Å². The number of hydrogen-bond donors (Lipinski definition) is 1. The Kier molecular flexibility index (Phi) is 4.50. The summed E-state index contributed by atoms with van der Waals surface area (Å²) < 4.78 is 7.31. The summed E-state index contributed by atoms with van der Waals surface area (Å²) in [5, 5.41) is 7.52. The highest BCUT2D eigenvalue weighted by molar-refractivity contribution is 5.81. The van der Waals surface area contributed by atoms with Crippen LogP contribution in [0.5, 0.6) is 0 Å². The van der Waals surface area contributed by atoms with Crippen molar-refractivity contribution in [2.75, 3.05) is 26.7 Å².